The maximum atomic E-state index is 15.6. The number of nitrogens with zero attached hydrogens (tertiary/aromatic N) is 7. The van der Waals surface area contributed by atoms with Gasteiger partial charge in [0.25, 0.3) is 5.91 Å². The van der Waals surface area contributed by atoms with Crippen LogP contribution in [0, 0.1) is 28.9 Å². The summed E-state index contributed by atoms with van der Waals surface area (Å²) in [6, 6.07) is 14.0. The number of piperazine rings is 2. The average Bonchev–Trinajstić information content (AvgIpc) is 3.55. The summed E-state index contributed by atoms with van der Waals surface area (Å²) in [5, 5.41) is 14.5. The monoisotopic (exact) mass is 827 g/mol. The SMILES string of the molecule is C[C@@H]1CN(c2ccc(C#N)c(Cl)c2)[C@@H](C)CN1C(=O)Nc1cc(F)c(N2CCC(CN3CCN(c4ccc5c(c4)CN([C@H]4CCC(=O)NC4=O)C5=O)CC3)CC2)cc1F. The third-order valence-corrected chi connectivity index (χ3v) is 13.0. The van der Waals surface area contributed by atoms with Crippen molar-refractivity contribution in [1.29, 1.82) is 5.26 Å². The summed E-state index contributed by atoms with van der Waals surface area (Å²) >= 11 is 6.27. The van der Waals surface area contributed by atoms with Gasteiger partial charge in [0.05, 0.1) is 22.0 Å². The minimum atomic E-state index is -0.692. The Balaban J connectivity index is 0.799. The predicted molar refractivity (Wildman–Crippen MR) is 221 cm³/mol. The molecule has 13 nitrogen and oxygen atoms in total. The van der Waals surface area contributed by atoms with Crippen molar-refractivity contribution in [3.63, 3.8) is 0 Å². The number of amides is 5. The summed E-state index contributed by atoms with van der Waals surface area (Å²) in [6.45, 7) is 10.6. The Morgan fingerprint density at radius 1 is 0.864 bits per heavy atom. The Morgan fingerprint density at radius 2 is 1.61 bits per heavy atom. The van der Waals surface area contributed by atoms with E-state index in [0.717, 1.165) is 68.6 Å². The van der Waals surface area contributed by atoms with E-state index >= 15 is 8.78 Å². The highest BCUT2D eigenvalue weighted by Gasteiger charge is 2.39. The lowest BCUT2D eigenvalue weighted by atomic mass is 9.95. The highest BCUT2D eigenvalue weighted by molar-refractivity contribution is 6.32. The Bertz CT molecular complexity index is 2200. The summed E-state index contributed by atoms with van der Waals surface area (Å²) < 4.78 is 31.1. The molecule has 0 aliphatic carbocycles. The van der Waals surface area contributed by atoms with E-state index in [4.69, 9.17) is 11.6 Å². The second-order valence-corrected chi connectivity index (χ2v) is 16.9. The maximum absolute atomic E-state index is 15.6. The number of hydrogen-bond donors (Lipinski definition) is 2. The average molecular weight is 828 g/mol. The van der Waals surface area contributed by atoms with Gasteiger partial charge in [0.15, 0.2) is 0 Å². The number of carbonyl (C=O) groups is 4. The first kappa shape index (κ1) is 40.3. The van der Waals surface area contributed by atoms with E-state index in [0.29, 0.717) is 61.2 Å². The van der Waals surface area contributed by atoms with Crippen molar-refractivity contribution in [2.45, 2.75) is 64.2 Å². The van der Waals surface area contributed by atoms with Crippen molar-refractivity contribution in [2.75, 3.05) is 78.9 Å². The molecule has 59 heavy (non-hydrogen) atoms. The molecule has 310 valence electrons. The fourth-order valence-electron chi connectivity index (χ4n) is 9.27. The number of urea groups is 1. The van der Waals surface area contributed by atoms with Crippen LogP contribution in [-0.2, 0) is 16.1 Å². The molecule has 0 saturated carbocycles. The summed E-state index contributed by atoms with van der Waals surface area (Å²) in [5.74, 6) is -1.74. The number of carbonyl (C=O) groups excluding carboxylic acids is 4. The van der Waals surface area contributed by atoms with Crippen LogP contribution in [0.5, 0.6) is 0 Å². The van der Waals surface area contributed by atoms with Crippen molar-refractivity contribution in [1.82, 2.24) is 20.0 Å². The molecule has 0 spiro atoms. The highest BCUT2D eigenvalue weighted by Crippen LogP contribution is 2.34. The van der Waals surface area contributed by atoms with Gasteiger partial charge in [-0.2, -0.15) is 5.26 Å². The topological polar surface area (TPSA) is 136 Å². The number of benzene rings is 3. The second-order valence-electron chi connectivity index (χ2n) is 16.5. The van der Waals surface area contributed by atoms with Crippen LogP contribution in [0.4, 0.5) is 36.3 Å². The minimum Gasteiger partial charge on any atom is -0.369 e. The van der Waals surface area contributed by atoms with Gasteiger partial charge < -0.3 is 29.8 Å². The van der Waals surface area contributed by atoms with E-state index < -0.39 is 29.6 Å². The normalized spacial score (nSPS) is 23.0. The van der Waals surface area contributed by atoms with Crippen molar-refractivity contribution >= 4 is 58.1 Å². The van der Waals surface area contributed by atoms with Crippen LogP contribution in [-0.4, -0.2) is 115 Å². The van der Waals surface area contributed by atoms with Gasteiger partial charge in [0.1, 0.15) is 23.7 Å². The van der Waals surface area contributed by atoms with Gasteiger partial charge in [0, 0.05) is 113 Å². The fourth-order valence-corrected chi connectivity index (χ4v) is 9.49. The smallest absolute Gasteiger partial charge is 0.322 e. The van der Waals surface area contributed by atoms with Gasteiger partial charge in [-0.3, -0.25) is 24.6 Å². The van der Waals surface area contributed by atoms with Gasteiger partial charge in [-0.15, -0.1) is 0 Å². The molecule has 5 aliphatic heterocycles. The molecule has 5 amide bonds. The number of rotatable bonds is 7. The number of imide groups is 1. The Hall–Kier alpha value is -5.46. The maximum Gasteiger partial charge on any atom is 0.322 e. The highest BCUT2D eigenvalue weighted by atomic mass is 35.5. The van der Waals surface area contributed by atoms with Crippen LogP contribution in [0.1, 0.15) is 61.0 Å². The molecule has 0 radical (unpaired) electrons. The van der Waals surface area contributed by atoms with E-state index in [2.05, 4.69) is 31.4 Å². The van der Waals surface area contributed by atoms with E-state index in [1.165, 1.54) is 6.07 Å². The van der Waals surface area contributed by atoms with Crippen LogP contribution >= 0.6 is 11.6 Å². The zero-order chi connectivity index (χ0) is 41.5. The lowest BCUT2D eigenvalue weighted by Gasteiger charge is -2.45. The summed E-state index contributed by atoms with van der Waals surface area (Å²) in [5.41, 5.74) is 3.77. The summed E-state index contributed by atoms with van der Waals surface area (Å²) in [7, 11) is 0. The Morgan fingerprint density at radius 3 is 2.32 bits per heavy atom. The fraction of sp³-hybridized carbons (Fsp3) is 0.465. The summed E-state index contributed by atoms with van der Waals surface area (Å²) in [4.78, 5) is 62.5. The largest absolute Gasteiger partial charge is 0.369 e. The van der Waals surface area contributed by atoms with Crippen molar-refractivity contribution in [3.05, 3.63) is 81.9 Å². The van der Waals surface area contributed by atoms with Crippen LogP contribution < -0.4 is 25.3 Å². The van der Waals surface area contributed by atoms with Gasteiger partial charge in [0.2, 0.25) is 11.8 Å². The lowest BCUT2D eigenvalue weighted by Crippen LogP contribution is -2.59. The molecule has 16 heteroatoms. The van der Waals surface area contributed by atoms with Crippen LogP contribution in [0.15, 0.2) is 48.5 Å². The first-order valence-electron chi connectivity index (χ1n) is 20.4. The molecule has 5 heterocycles. The number of anilines is 4. The molecule has 0 aromatic heterocycles. The number of nitrogens with one attached hydrogen (secondary N) is 2. The van der Waals surface area contributed by atoms with Crippen LogP contribution in [0.25, 0.3) is 0 Å². The van der Waals surface area contributed by atoms with Crippen molar-refractivity contribution < 1.29 is 28.0 Å². The molecule has 8 rings (SSSR count). The van der Waals surface area contributed by atoms with Gasteiger partial charge in [-0.1, -0.05) is 11.6 Å². The van der Waals surface area contributed by atoms with Crippen LogP contribution in [0.2, 0.25) is 5.02 Å². The molecule has 2 N–H and O–H groups in total. The Labute approximate surface area is 347 Å². The second kappa shape index (κ2) is 16.7. The molecular weight excluding hydrogens is 780 g/mol. The molecule has 0 bridgehead atoms. The van der Waals surface area contributed by atoms with E-state index in [1.807, 2.05) is 43.0 Å². The number of hydrogen-bond acceptors (Lipinski definition) is 9. The van der Waals surface area contributed by atoms with E-state index in [9.17, 15) is 24.4 Å². The van der Waals surface area contributed by atoms with Crippen molar-refractivity contribution in [3.8, 4) is 6.07 Å². The standard InChI is InChI=1S/C43H48ClF2N9O4/c1-26-23-54(27(2)22-53(26)32-4-3-29(21-47)34(44)18-32)43(59)48-37-19-36(46)39(20-35(37)45)52-11-9-28(10-12-52)24-50-13-15-51(16-14-50)31-5-6-33-30(17-31)25-55(42(33)58)38-7-8-40(56)49-41(38)57/h3-6,17-20,26-28,38H,7-16,22-25H2,1-2H3,(H,48,59)(H,49,56,57)/t26-,27+,38-/m0/s1. The van der Waals surface area contributed by atoms with Gasteiger partial charge >= 0.3 is 6.03 Å². The number of fused-ring (bicyclic) bond motifs is 1. The Kier molecular flexibility index (Phi) is 11.4. The predicted octanol–water partition coefficient (Wildman–Crippen LogP) is 5.42. The minimum absolute atomic E-state index is 0.0927. The number of nitriles is 1. The van der Waals surface area contributed by atoms with Crippen LogP contribution in [0.3, 0.4) is 0 Å². The number of piperidine rings is 2. The molecule has 4 saturated heterocycles. The third kappa shape index (κ3) is 8.25. The first-order valence-corrected chi connectivity index (χ1v) is 20.8. The summed E-state index contributed by atoms with van der Waals surface area (Å²) in [6.07, 6.45) is 2.25. The molecule has 3 atom stereocenters. The van der Waals surface area contributed by atoms with Crippen molar-refractivity contribution in [2.24, 2.45) is 5.92 Å². The zero-order valence-electron chi connectivity index (χ0n) is 33.2. The third-order valence-electron chi connectivity index (χ3n) is 12.6. The lowest BCUT2D eigenvalue weighted by molar-refractivity contribution is -0.136. The van der Waals surface area contributed by atoms with E-state index in [1.54, 1.807) is 21.9 Å². The molecule has 5 aliphatic rings. The molecule has 4 fully saturated rings. The first-order chi connectivity index (χ1) is 28.4. The zero-order valence-corrected chi connectivity index (χ0v) is 34.0. The van der Waals surface area contributed by atoms with Gasteiger partial charge in [-0.05, 0) is 81.0 Å². The molecular formula is C43H48ClF2N9O4. The molecule has 0 unspecified atom stereocenters. The molecule has 3 aromatic rings. The quantitative estimate of drug-likeness (QED) is 0.300. The molecule has 3 aromatic carbocycles. The number of halogens is 3. The van der Waals surface area contributed by atoms with Gasteiger partial charge in [-0.25, -0.2) is 13.6 Å². The van der Waals surface area contributed by atoms with E-state index in [-0.39, 0.29) is 41.7 Å².